The number of imidazole rings is 1. The summed E-state index contributed by atoms with van der Waals surface area (Å²) in [7, 11) is 0. The molecule has 0 aliphatic heterocycles. The van der Waals surface area contributed by atoms with Crippen molar-refractivity contribution < 1.29 is 4.79 Å². The highest BCUT2D eigenvalue weighted by molar-refractivity contribution is 5.81. The van der Waals surface area contributed by atoms with E-state index < -0.39 is 6.04 Å². The molecule has 0 spiro atoms. The lowest BCUT2D eigenvalue weighted by Crippen LogP contribution is -2.50. The Morgan fingerprint density at radius 3 is 2.59 bits per heavy atom. The van der Waals surface area contributed by atoms with Crippen LogP contribution in [0.4, 0.5) is 0 Å². The first-order valence-corrected chi connectivity index (χ1v) is 5.82. The van der Waals surface area contributed by atoms with Crippen molar-refractivity contribution in [2.24, 2.45) is 11.1 Å². The molecule has 0 fully saturated rings. The van der Waals surface area contributed by atoms with Gasteiger partial charge < -0.3 is 15.6 Å². The number of hydrogen-bond acceptors (Lipinski definition) is 3. The van der Waals surface area contributed by atoms with Crippen LogP contribution >= 0.6 is 0 Å². The zero-order chi connectivity index (χ0) is 13.1. The van der Waals surface area contributed by atoms with Gasteiger partial charge in [0.25, 0.3) is 0 Å². The number of hydrogen-bond donors (Lipinski definition) is 2. The average Bonchev–Trinajstić information content (AvgIpc) is 2.67. The van der Waals surface area contributed by atoms with Crippen LogP contribution in [-0.4, -0.2) is 27.5 Å². The highest BCUT2D eigenvalue weighted by Gasteiger charge is 2.27. The van der Waals surface area contributed by atoms with E-state index in [1.54, 1.807) is 19.4 Å². The van der Waals surface area contributed by atoms with Gasteiger partial charge in [0.15, 0.2) is 0 Å². The molecule has 0 radical (unpaired) electrons. The van der Waals surface area contributed by atoms with Gasteiger partial charge in [0, 0.05) is 18.9 Å². The van der Waals surface area contributed by atoms with E-state index in [0.29, 0.717) is 6.54 Å². The third-order valence-corrected chi connectivity index (χ3v) is 2.73. The van der Waals surface area contributed by atoms with Crippen LogP contribution < -0.4 is 11.1 Å². The number of amides is 1. The van der Waals surface area contributed by atoms with Crippen molar-refractivity contribution in [3.05, 3.63) is 18.7 Å². The highest BCUT2D eigenvalue weighted by Crippen LogP contribution is 2.20. The maximum atomic E-state index is 11.7. The van der Waals surface area contributed by atoms with Crippen LogP contribution in [0.15, 0.2) is 18.7 Å². The minimum Gasteiger partial charge on any atom is -0.350 e. The molecule has 96 valence electrons. The number of nitrogens with two attached hydrogens (primary N) is 1. The summed E-state index contributed by atoms with van der Waals surface area (Å²) in [5.41, 5.74) is 5.54. The molecule has 2 atom stereocenters. The third kappa shape index (κ3) is 4.19. The second kappa shape index (κ2) is 5.31. The Labute approximate surface area is 102 Å². The number of carbonyl (C=O) groups is 1. The normalized spacial score (nSPS) is 15.4. The van der Waals surface area contributed by atoms with E-state index in [1.165, 1.54) is 0 Å². The fourth-order valence-corrected chi connectivity index (χ4v) is 1.44. The summed E-state index contributed by atoms with van der Waals surface area (Å²) in [6, 6.07) is -0.460. The van der Waals surface area contributed by atoms with Gasteiger partial charge in [0.05, 0.1) is 18.4 Å². The Kier molecular flexibility index (Phi) is 4.28. The van der Waals surface area contributed by atoms with E-state index in [9.17, 15) is 4.79 Å². The van der Waals surface area contributed by atoms with Gasteiger partial charge in [0.2, 0.25) is 5.91 Å². The molecule has 0 aliphatic carbocycles. The molecule has 5 nitrogen and oxygen atoms in total. The average molecular weight is 238 g/mol. The number of nitrogens with one attached hydrogen (secondary N) is 1. The summed E-state index contributed by atoms with van der Waals surface area (Å²) in [4.78, 5) is 15.7. The second-order valence-corrected chi connectivity index (χ2v) is 5.48. The zero-order valence-electron chi connectivity index (χ0n) is 11.0. The summed E-state index contributed by atoms with van der Waals surface area (Å²) in [6.45, 7) is 8.66. The molecule has 0 saturated carbocycles. The van der Waals surface area contributed by atoms with Crippen LogP contribution in [0.1, 0.15) is 27.7 Å². The SMILES string of the molecule is CC(N)C(=O)NC(Cn1ccnc1)C(C)(C)C. The van der Waals surface area contributed by atoms with Gasteiger partial charge in [0.1, 0.15) is 0 Å². The Bertz CT molecular complexity index is 351. The van der Waals surface area contributed by atoms with Crippen LogP contribution in [0.3, 0.4) is 0 Å². The molecule has 0 saturated heterocycles. The topological polar surface area (TPSA) is 72.9 Å². The maximum absolute atomic E-state index is 11.7. The lowest BCUT2D eigenvalue weighted by atomic mass is 9.86. The molecule has 0 bridgehead atoms. The minimum atomic E-state index is -0.484. The van der Waals surface area contributed by atoms with Crippen LogP contribution in [0, 0.1) is 5.41 Å². The van der Waals surface area contributed by atoms with Crippen molar-refractivity contribution >= 4 is 5.91 Å². The molecular formula is C12H22N4O. The van der Waals surface area contributed by atoms with Gasteiger partial charge in [-0.05, 0) is 12.3 Å². The fourth-order valence-electron chi connectivity index (χ4n) is 1.44. The number of rotatable bonds is 4. The van der Waals surface area contributed by atoms with E-state index in [0.717, 1.165) is 0 Å². The van der Waals surface area contributed by atoms with Crippen molar-refractivity contribution in [3.8, 4) is 0 Å². The Hall–Kier alpha value is -1.36. The van der Waals surface area contributed by atoms with Gasteiger partial charge in [-0.1, -0.05) is 20.8 Å². The predicted octanol–water partition coefficient (Wildman–Crippen LogP) is 0.761. The second-order valence-electron chi connectivity index (χ2n) is 5.48. The largest absolute Gasteiger partial charge is 0.350 e. The first-order valence-electron chi connectivity index (χ1n) is 5.82. The quantitative estimate of drug-likeness (QED) is 0.813. The van der Waals surface area contributed by atoms with Gasteiger partial charge >= 0.3 is 0 Å². The standard InChI is InChI=1S/C12H22N4O/c1-9(13)11(17)15-10(12(2,3)4)7-16-6-5-14-8-16/h5-6,8-10H,7,13H2,1-4H3,(H,15,17). The Morgan fingerprint density at radius 2 is 2.18 bits per heavy atom. The van der Waals surface area contributed by atoms with Crippen molar-refractivity contribution in [1.29, 1.82) is 0 Å². The monoisotopic (exact) mass is 238 g/mol. The van der Waals surface area contributed by atoms with E-state index in [-0.39, 0.29) is 17.4 Å². The van der Waals surface area contributed by atoms with Crippen LogP contribution in [0.25, 0.3) is 0 Å². The van der Waals surface area contributed by atoms with E-state index >= 15 is 0 Å². The van der Waals surface area contributed by atoms with Crippen LogP contribution in [0.2, 0.25) is 0 Å². The zero-order valence-corrected chi connectivity index (χ0v) is 11.0. The molecule has 0 aliphatic rings. The Morgan fingerprint density at radius 1 is 1.53 bits per heavy atom. The van der Waals surface area contributed by atoms with Gasteiger partial charge in [-0.25, -0.2) is 4.98 Å². The van der Waals surface area contributed by atoms with Gasteiger partial charge in [-0.2, -0.15) is 0 Å². The van der Waals surface area contributed by atoms with E-state index in [4.69, 9.17) is 5.73 Å². The number of carbonyl (C=O) groups excluding carboxylic acids is 1. The lowest BCUT2D eigenvalue weighted by molar-refractivity contribution is -0.123. The molecule has 5 heteroatoms. The lowest BCUT2D eigenvalue weighted by Gasteiger charge is -2.32. The van der Waals surface area contributed by atoms with Crippen molar-refractivity contribution in [2.45, 2.75) is 46.3 Å². The molecule has 2 unspecified atom stereocenters. The summed E-state index contributed by atoms with van der Waals surface area (Å²) in [5, 5.41) is 2.98. The molecule has 17 heavy (non-hydrogen) atoms. The van der Waals surface area contributed by atoms with E-state index in [2.05, 4.69) is 31.1 Å². The molecule has 1 heterocycles. The summed E-state index contributed by atoms with van der Waals surface area (Å²) < 4.78 is 1.96. The Balaban J connectivity index is 2.72. The number of aromatic nitrogens is 2. The molecule has 1 aromatic heterocycles. The number of nitrogens with zero attached hydrogens (tertiary/aromatic N) is 2. The van der Waals surface area contributed by atoms with Crippen molar-refractivity contribution in [2.75, 3.05) is 0 Å². The first kappa shape index (κ1) is 13.7. The molecule has 0 aromatic carbocycles. The summed E-state index contributed by atoms with van der Waals surface area (Å²) >= 11 is 0. The van der Waals surface area contributed by atoms with Gasteiger partial charge in [-0.3, -0.25) is 4.79 Å². The maximum Gasteiger partial charge on any atom is 0.236 e. The molecule has 1 aromatic rings. The summed E-state index contributed by atoms with van der Waals surface area (Å²) in [6.07, 6.45) is 5.36. The van der Waals surface area contributed by atoms with E-state index in [1.807, 2.05) is 10.8 Å². The first-order chi connectivity index (χ1) is 7.80. The predicted molar refractivity (Wildman–Crippen MR) is 67.3 cm³/mol. The molecular weight excluding hydrogens is 216 g/mol. The third-order valence-electron chi connectivity index (χ3n) is 2.73. The van der Waals surface area contributed by atoms with Crippen LogP contribution in [-0.2, 0) is 11.3 Å². The fraction of sp³-hybridized carbons (Fsp3) is 0.667. The smallest absolute Gasteiger partial charge is 0.236 e. The molecule has 1 amide bonds. The van der Waals surface area contributed by atoms with Crippen LogP contribution in [0.5, 0.6) is 0 Å². The van der Waals surface area contributed by atoms with Gasteiger partial charge in [-0.15, -0.1) is 0 Å². The highest BCUT2D eigenvalue weighted by atomic mass is 16.2. The molecule has 3 N–H and O–H groups in total. The summed E-state index contributed by atoms with van der Waals surface area (Å²) in [5.74, 6) is -0.120. The van der Waals surface area contributed by atoms with Crippen molar-refractivity contribution in [3.63, 3.8) is 0 Å². The van der Waals surface area contributed by atoms with Crippen molar-refractivity contribution in [1.82, 2.24) is 14.9 Å². The minimum absolute atomic E-state index is 0.0233. The molecule has 1 rings (SSSR count).